The van der Waals surface area contributed by atoms with Crippen molar-refractivity contribution in [2.75, 3.05) is 6.54 Å². The highest BCUT2D eigenvalue weighted by molar-refractivity contribution is 6.31. The highest BCUT2D eigenvalue weighted by atomic mass is 35.5. The van der Waals surface area contributed by atoms with Gasteiger partial charge >= 0.3 is 0 Å². The van der Waals surface area contributed by atoms with Crippen molar-refractivity contribution in [2.24, 2.45) is 5.73 Å². The summed E-state index contributed by atoms with van der Waals surface area (Å²) in [6, 6.07) is 5.55. The van der Waals surface area contributed by atoms with Gasteiger partial charge in [0.05, 0.1) is 0 Å². The zero-order valence-electron chi connectivity index (χ0n) is 10.2. The number of benzene rings is 1. The summed E-state index contributed by atoms with van der Waals surface area (Å²) in [6.45, 7) is 2.15. The van der Waals surface area contributed by atoms with Crippen LogP contribution in [0, 0.1) is 0 Å². The predicted octanol–water partition coefficient (Wildman–Crippen LogP) is 4.14. The van der Waals surface area contributed by atoms with Crippen LogP contribution >= 0.6 is 11.6 Å². The van der Waals surface area contributed by atoms with Gasteiger partial charge < -0.3 is 5.73 Å². The maximum absolute atomic E-state index is 13.2. The Bertz CT molecular complexity index is 397. The Labute approximate surface area is 107 Å². The molecular weight excluding hydrogens is 237 g/mol. The average molecular weight is 256 g/mol. The number of nitrogens with two attached hydrogens (primary N) is 1. The third-order valence-corrected chi connectivity index (χ3v) is 4.29. The Kier molecular flexibility index (Phi) is 3.74. The van der Waals surface area contributed by atoms with Crippen molar-refractivity contribution in [1.82, 2.24) is 0 Å². The standard InChI is InChI=1S/C14H19ClFN/c1-10(16)11-4-5-12(13(15)8-11)14(9-17)6-2-3-7-14/h4-5,8,10H,2-3,6-7,9,17H2,1H3. The predicted molar refractivity (Wildman–Crippen MR) is 70.2 cm³/mol. The molecule has 2 N–H and O–H groups in total. The van der Waals surface area contributed by atoms with Gasteiger partial charge in [-0.3, -0.25) is 0 Å². The van der Waals surface area contributed by atoms with E-state index >= 15 is 0 Å². The molecule has 2 rings (SSSR count). The highest BCUT2D eigenvalue weighted by Gasteiger charge is 2.35. The van der Waals surface area contributed by atoms with E-state index in [1.54, 1.807) is 6.07 Å². The minimum atomic E-state index is -0.973. The lowest BCUT2D eigenvalue weighted by molar-refractivity contribution is 0.373. The second-order valence-corrected chi connectivity index (χ2v) is 5.45. The molecule has 1 atom stereocenters. The van der Waals surface area contributed by atoms with Crippen LogP contribution in [0.1, 0.15) is 49.9 Å². The van der Waals surface area contributed by atoms with Crippen LogP contribution in [0.2, 0.25) is 5.02 Å². The van der Waals surface area contributed by atoms with E-state index in [1.807, 2.05) is 12.1 Å². The summed E-state index contributed by atoms with van der Waals surface area (Å²) in [5, 5.41) is 0.666. The topological polar surface area (TPSA) is 26.0 Å². The van der Waals surface area contributed by atoms with E-state index in [-0.39, 0.29) is 5.41 Å². The maximum Gasteiger partial charge on any atom is 0.122 e. The zero-order chi connectivity index (χ0) is 12.5. The van der Waals surface area contributed by atoms with E-state index in [0.717, 1.165) is 18.4 Å². The van der Waals surface area contributed by atoms with Gasteiger partial charge in [0.1, 0.15) is 6.17 Å². The first-order chi connectivity index (χ1) is 8.09. The third kappa shape index (κ3) is 2.34. The molecule has 1 fully saturated rings. The molecule has 0 radical (unpaired) electrons. The van der Waals surface area contributed by atoms with Gasteiger partial charge in [-0.2, -0.15) is 0 Å². The van der Waals surface area contributed by atoms with Gasteiger partial charge in [0.2, 0.25) is 0 Å². The Morgan fingerprint density at radius 1 is 1.41 bits per heavy atom. The van der Waals surface area contributed by atoms with Gasteiger partial charge in [-0.25, -0.2) is 4.39 Å². The summed E-state index contributed by atoms with van der Waals surface area (Å²) in [4.78, 5) is 0. The molecule has 1 unspecified atom stereocenters. The summed E-state index contributed by atoms with van der Waals surface area (Å²) in [6.07, 6.45) is 3.62. The van der Waals surface area contributed by atoms with Gasteiger partial charge in [0.25, 0.3) is 0 Å². The molecule has 0 spiro atoms. The SMILES string of the molecule is CC(F)c1ccc(C2(CN)CCCC2)c(Cl)c1. The van der Waals surface area contributed by atoms with Crippen LogP contribution < -0.4 is 5.73 Å². The molecule has 1 aromatic rings. The summed E-state index contributed by atoms with van der Waals surface area (Å²) in [7, 11) is 0. The van der Waals surface area contributed by atoms with Gasteiger partial charge in [-0.1, -0.05) is 36.6 Å². The summed E-state index contributed by atoms with van der Waals surface area (Å²) in [5.41, 5.74) is 7.70. The first-order valence-electron chi connectivity index (χ1n) is 6.23. The van der Waals surface area contributed by atoms with E-state index in [4.69, 9.17) is 17.3 Å². The fraction of sp³-hybridized carbons (Fsp3) is 0.571. The Balaban J connectivity index is 2.38. The number of hydrogen-bond donors (Lipinski definition) is 1. The second kappa shape index (κ2) is 4.95. The Morgan fingerprint density at radius 2 is 2.06 bits per heavy atom. The fourth-order valence-corrected chi connectivity index (χ4v) is 3.23. The van der Waals surface area contributed by atoms with Crippen molar-refractivity contribution in [1.29, 1.82) is 0 Å². The number of hydrogen-bond acceptors (Lipinski definition) is 1. The van der Waals surface area contributed by atoms with Crippen molar-refractivity contribution in [3.8, 4) is 0 Å². The van der Waals surface area contributed by atoms with Gasteiger partial charge in [-0.15, -0.1) is 0 Å². The molecule has 0 heterocycles. The second-order valence-electron chi connectivity index (χ2n) is 5.05. The molecule has 94 valence electrons. The van der Waals surface area contributed by atoms with Crippen molar-refractivity contribution >= 4 is 11.6 Å². The van der Waals surface area contributed by atoms with E-state index in [9.17, 15) is 4.39 Å². The minimum Gasteiger partial charge on any atom is -0.330 e. The molecule has 17 heavy (non-hydrogen) atoms. The quantitative estimate of drug-likeness (QED) is 0.863. The van der Waals surface area contributed by atoms with Crippen molar-refractivity contribution in [2.45, 2.75) is 44.2 Å². The average Bonchev–Trinajstić information content (AvgIpc) is 2.78. The maximum atomic E-state index is 13.2. The van der Waals surface area contributed by atoms with Crippen molar-refractivity contribution < 1.29 is 4.39 Å². The zero-order valence-corrected chi connectivity index (χ0v) is 10.9. The van der Waals surface area contributed by atoms with Crippen LogP contribution in [0.25, 0.3) is 0 Å². The van der Waals surface area contributed by atoms with Crippen LogP contribution in [-0.2, 0) is 5.41 Å². The lowest BCUT2D eigenvalue weighted by atomic mass is 9.78. The van der Waals surface area contributed by atoms with Crippen LogP contribution in [-0.4, -0.2) is 6.54 Å². The summed E-state index contributed by atoms with van der Waals surface area (Å²) >= 11 is 6.30. The molecule has 1 nitrogen and oxygen atoms in total. The summed E-state index contributed by atoms with van der Waals surface area (Å²) < 4.78 is 13.2. The fourth-order valence-electron chi connectivity index (χ4n) is 2.84. The number of rotatable bonds is 3. The molecule has 0 bridgehead atoms. The first-order valence-corrected chi connectivity index (χ1v) is 6.61. The molecule has 0 amide bonds. The first kappa shape index (κ1) is 12.8. The molecule has 1 aliphatic carbocycles. The Morgan fingerprint density at radius 3 is 2.53 bits per heavy atom. The van der Waals surface area contributed by atoms with E-state index in [2.05, 4.69) is 0 Å². The molecule has 0 saturated heterocycles. The Hall–Kier alpha value is -0.600. The van der Waals surface area contributed by atoms with Crippen molar-refractivity contribution in [3.63, 3.8) is 0 Å². The van der Waals surface area contributed by atoms with Crippen LogP contribution in [0.3, 0.4) is 0 Å². The molecule has 1 aliphatic rings. The normalized spacial score (nSPS) is 20.5. The third-order valence-electron chi connectivity index (χ3n) is 3.98. The largest absolute Gasteiger partial charge is 0.330 e. The molecule has 0 aromatic heterocycles. The monoisotopic (exact) mass is 255 g/mol. The van der Waals surface area contributed by atoms with E-state index in [0.29, 0.717) is 17.1 Å². The molecule has 1 saturated carbocycles. The summed E-state index contributed by atoms with van der Waals surface area (Å²) in [5.74, 6) is 0. The van der Waals surface area contributed by atoms with Gasteiger partial charge in [0.15, 0.2) is 0 Å². The lowest BCUT2D eigenvalue weighted by Crippen LogP contribution is -2.32. The molecule has 0 aliphatic heterocycles. The van der Waals surface area contributed by atoms with Gasteiger partial charge in [-0.05, 0) is 37.0 Å². The molecule has 3 heteroatoms. The molecular formula is C14H19ClFN. The van der Waals surface area contributed by atoms with Crippen LogP contribution in [0.5, 0.6) is 0 Å². The van der Waals surface area contributed by atoms with E-state index < -0.39 is 6.17 Å². The van der Waals surface area contributed by atoms with Crippen LogP contribution in [0.15, 0.2) is 18.2 Å². The van der Waals surface area contributed by atoms with Crippen LogP contribution in [0.4, 0.5) is 4.39 Å². The van der Waals surface area contributed by atoms with Gasteiger partial charge in [0, 0.05) is 17.0 Å². The molecule has 1 aromatic carbocycles. The van der Waals surface area contributed by atoms with Crippen molar-refractivity contribution in [3.05, 3.63) is 34.3 Å². The minimum absolute atomic E-state index is 0.0230. The highest BCUT2D eigenvalue weighted by Crippen LogP contribution is 2.43. The number of alkyl halides is 1. The number of halogens is 2. The van der Waals surface area contributed by atoms with E-state index in [1.165, 1.54) is 19.8 Å². The lowest BCUT2D eigenvalue weighted by Gasteiger charge is -2.29. The smallest absolute Gasteiger partial charge is 0.122 e.